The summed E-state index contributed by atoms with van der Waals surface area (Å²) in [5.74, 6) is -0.815. The van der Waals surface area contributed by atoms with E-state index in [1.807, 2.05) is 6.92 Å². The van der Waals surface area contributed by atoms with Crippen molar-refractivity contribution in [2.45, 2.75) is 18.3 Å². The first-order chi connectivity index (χ1) is 6.54. The second-order valence-corrected chi connectivity index (χ2v) is 4.72. The minimum Gasteiger partial charge on any atom is -0.548 e. The summed E-state index contributed by atoms with van der Waals surface area (Å²) in [7, 11) is 0. The molecule has 5 heteroatoms. The molecule has 2 fully saturated rings. The molecular formula is C9H10NO3S-. The zero-order chi connectivity index (χ0) is 10.5. The minimum atomic E-state index is -1.22. The summed E-state index contributed by atoms with van der Waals surface area (Å²) in [6.45, 7) is 5.48. The Hall–Kier alpha value is -0.970. The van der Waals surface area contributed by atoms with Crippen molar-refractivity contribution in [1.29, 1.82) is 0 Å². The van der Waals surface area contributed by atoms with Gasteiger partial charge in [0.15, 0.2) is 0 Å². The van der Waals surface area contributed by atoms with Crippen molar-refractivity contribution < 1.29 is 14.7 Å². The number of rotatable bonds is 1. The Bertz CT molecular complexity index is 328. The van der Waals surface area contributed by atoms with Crippen molar-refractivity contribution in [2.75, 3.05) is 5.75 Å². The molecule has 3 atom stereocenters. The van der Waals surface area contributed by atoms with Crippen molar-refractivity contribution >= 4 is 23.6 Å². The third-order valence-electron chi connectivity index (χ3n) is 2.67. The topological polar surface area (TPSA) is 60.4 Å². The quantitative estimate of drug-likeness (QED) is 0.422. The predicted octanol–water partition coefficient (Wildman–Crippen LogP) is -0.788. The lowest BCUT2D eigenvalue weighted by Crippen LogP contribution is -2.68. The fourth-order valence-corrected chi connectivity index (χ4v) is 3.22. The van der Waals surface area contributed by atoms with Crippen LogP contribution in [0.4, 0.5) is 0 Å². The van der Waals surface area contributed by atoms with Crippen LogP contribution in [0, 0.1) is 5.92 Å². The first kappa shape index (κ1) is 9.58. The molecule has 0 N–H and O–H groups in total. The van der Waals surface area contributed by atoms with Crippen molar-refractivity contribution in [3.8, 4) is 0 Å². The van der Waals surface area contributed by atoms with E-state index in [1.165, 1.54) is 4.90 Å². The lowest BCUT2D eigenvalue weighted by Gasteiger charge is -2.53. The van der Waals surface area contributed by atoms with Crippen LogP contribution in [-0.2, 0) is 9.59 Å². The number of fused-ring (bicyclic) bond motifs is 1. The zero-order valence-electron chi connectivity index (χ0n) is 7.73. The summed E-state index contributed by atoms with van der Waals surface area (Å²) in [4.78, 5) is 23.6. The number of hydrogen-bond acceptors (Lipinski definition) is 4. The Labute approximate surface area is 86.0 Å². The van der Waals surface area contributed by atoms with Crippen LogP contribution in [0.5, 0.6) is 0 Å². The Balaban J connectivity index is 2.26. The molecule has 2 aliphatic rings. The summed E-state index contributed by atoms with van der Waals surface area (Å²) in [5, 5.41) is 10.8. The van der Waals surface area contributed by atoms with Gasteiger partial charge >= 0.3 is 0 Å². The number of carbonyl (C=O) groups is 2. The molecule has 0 spiro atoms. The molecule has 2 rings (SSSR count). The minimum absolute atomic E-state index is 0.00380. The van der Waals surface area contributed by atoms with E-state index < -0.39 is 12.0 Å². The van der Waals surface area contributed by atoms with Gasteiger partial charge in [-0.05, 0) is 5.57 Å². The van der Waals surface area contributed by atoms with Gasteiger partial charge in [-0.3, -0.25) is 4.79 Å². The molecule has 0 aromatic carbocycles. The number of β-lactam (4-membered cyclic amide) rings is 1. The highest BCUT2D eigenvalue weighted by Crippen LogP contribution is 2.42. The van der Waals surface area contributed by atoms with Crippen LogP contribution in [0.2, 0.25) is 0 Å². The molecule has 0 aromatic rings. The van der Waals surface area contributed by atoms with Gasteiger partial charge in [0.25, 0.3) is 0 Å². The lowest BCUT2D eigenvalue weighted by molar-refractivity contribution is -0.311. The van der Waals surface area contributed by atoms with Crippen molar-refractivity contribution in [3.05, 3.63) is 12.2 Å². The van der Waals surface area contributed by atoms with Gasteiger partial charge in [0.05, 0.1) is 23.3 Å². The Morgan fingerprint density at radius 2 is 2.36 bits per heavy atom. The fourth-order valence-electron chi connectivity index (χ4n) is 1.89. The zero-order valence-corrected chi connectivity index (χ0v) is 8.54. The van der Waals surface area contributed by atoms with Crippen molar-refractivity contribution in [2.24, 2.45) is 5.92 Å². The van der Waals surface area contributed by atoms with Crippen LogP contribution < -0.4 is 5.11 Å². The summed E-state index contributed by atoms with van der Waals surface area (Å²) < 4.78 is 0. The van der Waals surface area contributed by atoms with Gasteiger partial charge in [-0.25, -0.2) is 0 Å². The molecule has 76 valence electrons. The van der Waals surface area contributed by atoms with E-state index in [2.05, 4.69) is 6.58 Å². The van der Waals surface area contributed by atoms with Gasteiger partial charge in [0, 0.05) is 5.75 Å². The van der Waals surface area contributed by atoms with Crippen LogP contribution in [0.15, 0.2) is 12.2 Å². The van der Waals surface area contributed by atoms with E-state index in [0.717, 1.165) is 0 Å². The summed E-state index contributed by atoms with van der Waals surface area (Å²) in [5.41, 5.74) is 0.548. The van der Waals surface area contributed by atoms with Gasteiger partial charge in [-0.2, -0.15) is 0 Å². The first-order valence-corrected chi connectivity index (χ1v) is 5.41. The average Bonchev–Trinajstić information content (AvgIpc) is 2.15. The molecule has 0 unspecified atom stereocenters. The molecule has 0 saturated carbocycles. The number of carbonyl (C=O) groups excluding carboxylic acids is 2. The van der Waals surface area contributed by atoms with E-state index in [4.69, 9.17) is 0 Å². The van der Waals surface area contributed by atoms with Crippen LogP contribution in [-0.4, -0.2) is 33.9 Å². The van der Waals surface area contributed by atoms with Crippen LogP contribution in [0.3, 0.4) is 0 Å². The first-order valence-electron chi connectivity index (χ1n) is 4.36. The second kappa shape index (κ2) is 3.02. The van der Waals surface area contributed by atoms with Gasteiger partial charge in [-0.15, -0.1) is 11.8 Å². The molecule has 14 heavy (non-hydrogen) atoms. The molecule has 0 aromatic heterocycles. The SMILES string of the molecule is C=C1CS[C@@H]2[C@H](C)C(=O)N2[C@H]1C(=O)[O-]. The number of amides is 1. The van der Waals surface area contributed by atoms with E-state index in [1.54, 1.807) is 11.8 Å². The number of thioether (sulfide) groups is 1. The van der Waals surface area contributed by atoms with E-state index in [-0.39, 0.29) is 17.2 Å². The molecule has 2 saturated heterocycles. The van der Waals surface area contributed by atoms with Crippen LogP contribution >= 0.6 is 11.8 Å². The number of carboxylic acids is 1. The molecule has 1 amide bonds. The number of nitrogens with zero attached hydrogens (tertiary/aromatic N) is 1. The molecule has 4 nitrogen and oxygen atoms in total. The van der Waals surface area contributed by atoms with Crippen LogP contribution in [0.25, 0.3) is 0 Å². The number of carboxylic acid groups (broad SMARTS) is 1. The standard InChI is InChI=1S/C9H11NO3S/c1-4-3-14-8-5(2)7(11)10(8)6(4)9(12)13/h5-6,8H,1,3H2,2H3,(H,12,13)/p-1/t5-,6-,8-/m1/s1. The van der Waals surface area contributed by atoms with E-state index in [0.29, 0.717) is 11.3 Å². The average molecular weight is 212 g/mol. The lowest BCUT2D eigenvalue weighted by atomic mass is 9.94. The largest absolute Gasteiger partial charge is 0.548 e. The van der Waals surface area contributed by atoms with Crippen molar-refractivity contribution in [1.82, 2.24) is 4.90 Å². The molecule has 2 aliphatic heterocycles. The molecular weight excluding hydrogens is 202 g/mol. The highest BCUT2D eigenvalue weighted by Gasteiger charge is 2.51. The van der Waals surface area contributed by atoms with Gasteiger partial charge in [0.2, 0.25) is 5.91 Å². The number of aliphatic carboxylic acids is 1. The van der Waals surface area contributed by atoms with Crippen molar-refractivity contribution in [3.63, 3.8) is 0 Å². The van der Waals surface area contributed by atoms with Gasteiger partial charge in [-0.1, -0.05) is 13.5 Å². The predicted molar refractivity (Wildman–Crippen MR) is 50.2 cm³/mol. The Kier molecular flexibility index (Phi) is 2.06. The maximum absolute atomic E-state index is 11.4. The second-order valence-electron chi connectivity index (χ2n) is 3.62. The van der Waals surface area contributed by atoms with E-state index >= 15 is 0 Å². The smallest absolute Gasteiger partial charge is 0.230 e. The molecule has 0 radical (unpaired) electrons. The van der Waals surface area contributed by atoms with Crippen LogP contribution in [0.1, 0.15) is 6.92 Å². The number of hydrogen-bond donors (Lipinski definition) is 0. The summed E-state index contributed by atoms with van der Waals surface area (Å²) >= 11 is 1.57. The molecule has 0 bridgehead atoms. The monoisotopic (exact) mass is 212 g/mol. The fraction of sp³-hybridized carbons (Fsp3) is 0.556. The summed E-state index contributed by atoms with van der Waals surface area (Å²) in [6, 6.07) is -0.912. The summed E-state index contributed by atoms with van der Waals surface area (Å²) in [6.07, 6.45) is 0. The van der Waals surface area contributed by atoms with Gasteiger partial charge in [0.1, 0.15) is 0 Å². The normalized spacial score (nSPS) is 36.4. The Morgan fingerprint density at radius 1 is 1.71 bits per heavy atom. The van der Waals surface area contributed by atoms with E-state index in [9.17, 15) is 14.7 Å². The molecule has 2 heterocycles. The third kappa shape index (κ3) is 1.08. The molecule has 0 aliphatic carbocycles. The maximum Gasteiger partial charge on any atom is 0.230 e. The van der Waals surface area contributed by atoms with Gasteiger partial charge < -0.3 is 14.8 Å². The third-order valence-corrected chi connectivity index (χ3v) is 4.19. The Morgan fingerprint density at radius 3 is 2.93 bits per heavy atom. The highest BCUT2D eigenvalue weighted by atomic mass is 32.2. The maximum atomic E-state index is 11.4. The highest BCUT2D eigenvalue weighted by molar-refractivity contribution is 8.00.